The van der Waals surface area contributed by atoms with E-state index < -0.39 is 18.0 Å². The lowest BCUT2D eigenvalue weighted by Gasteiger charge is -2.38. The first-order valence-corrected chi connectivity index (χ1v) is 9.04. The molecule has 2 aromatic carbocycles. The first kappa shape index (κ1) is 19.5. The van der Waals surface area contributed by atoms with Gasteiger partial charge in [0.15, 0.2) is 11.5 Å². The number of fused-ring (bicyclic) bond motifs is 1. The van der Waals surface area contributed by atoms with Crippen molar-refractivity contribution in [1.29, 1.82) is 0 Å². The maximum atomic E-state index is 12.9. The van der Waals surface area contributed by atoms with E-state index in [-0.39, 0.29) is 6.04 Å². The van der Waals surface area contributed by atoms with Crippen LogP contribution in [0.1, 0.15) is 29.7 Å². The van der Waals surface area contributed by atoms with Crippen LogP contribution in [-0.2, 0) is 11.2 Å². The van der Waals surface area contributed by atoms with Crippen LogP contribution < -0.4 is 19.9 Å². The first-order valence-electron chi connectivity index (χ1n) is 9.04. The molecule has 1 N–H and O–H groups in total. The summed E-state index contributed by atoms with van der Waals surface area (Å²) in [6, 6.07) is 11.5. The number of rotatable bonds is 5. The number of amides is 2. The zero-order chi connectivity index (χ0) is 20.3. The number of carboxylic acids is 1. The van der Waals surface area contributed by atoms with Crippen molar-refractivity contribution in [3.63, 3.8) is 0 Å². The zero-order valence-corrected chi connectivity index (χ0v) is 16.1. The predicted molar refractivity (Wildman–Crippen MR) is 101 cm³/mol. The Kier molecular flexibility index (Phi) is 5.73. The molecule has 0 aromatic heterocycles. The highest BCUT2D eigenvalue weighted by Gasteiger charge is 2.33. The number of hydrogen-bond donors (Lipinski definition) is 1. The van der Waals surface area contributed by atoms with Gasteiger partial charge in [0.2, 0.25) is 0 Å². The van der Waals surface area contributed by atoms with Gasteiger partial charge in [0.05, 0.1) is 32.3 Å². The summed E-state index contributed by atoms with van der Waals surface area (Å²) in [6.45, 7) is 1.82. The Balaban J connectivity index is 2.06. The molecule has 0 fully saturated rings. The molecule has 0 saturated heterocycles. The lowest BCUT2D eigenvalue weighted by atomic mass is 9.88. The number of carbonyl (C=O) groups is 2. The number of nitrogens with zero attached hydrogens (tertiary/aromatic N) is 1. The van der Waals surface area contributed by atoms with Crippen molar-refractivity contribution in [2.75, 3.05) is 20.8 Å². The molecule has 1 aliphatic heterocycles. The lowest BCUT2D eigenvalue weighted by molar-refractivity contribution is -0.307. The van der Waals surface area contributed by atoms with Crippen LogP contribution >= 0.6 is 0 Å². The van der Waals surface area contributed by atoms with Crippen LogP contribution in [-0.4, -0.2) is 43.7 Å². The van der Waals surface area contributed by atoms with Gasteiger partial charge in [0.1, 0.15) is 0 Å². The summed E-state index contributed by atoms with van der Waals surface area (Å²) in [6.07, 6.45) is 0.617. The van der Waals surface area contributed by atoms with Crippen molar-refractivity contribution in [1.82, 2.24) is 10.2 Å². The molecular weight excluding hydrogens is 360 g/mol. The minimum absolute atomic E-state index is 0.376. The van der Waals surface area contributed by atoms with Crippen molar-refractivity contribution >= 4 is 12.0 Å². The molecule has 1 aliphatic rings. The van der Waals surface area contributed by atoms with Gasteiger partial charge >= 0.3 is 6.03 Å². The molecule has 7 heteroatoms. The standard InChI is InChI=1S/C21H24N2O5/c1-13(20(24)25)22-21(26)23-10-9-15-11-17(27-2)18(28-3)12-16(15)19(23)14-7-5-4-6-8-14/h4-8,11-13,19H,9-10H2,1-3H3,(H,22,26)(H,24,25)/p-1/t13-,19+/m0/s1. The number of urea groups is 1. The molecule has 0 spiro atoms. The number of aliphatic carboxylic acids is 1. The quantitative estimate of drug-likeness (QED) is 0.845. The molecule has 28 heavy (non-hydrogen) atoms. The number of benzene rings is 2. The Bertz CT molecular complexity index is 869. The Morgan fingerprint density at radius 2 is 1.79 bits per heavy atom. The second-order valence-electron chi connectivity index (χ2n) is 6.65. The molecule has 148 valence electrons. The minimum atomic E-state index is -1.33. The van der Waals surface area contributed by atoms with E-state index >= 15 is 0 Å². The van der Waals surface area contributed by atoms with Crippen LogP contribution in [0.4, 0.5) is 4.79 Å². The molecule has 2 atom stereocenters. The Morgan fingerprint density at radius 3 is 2.39 bits per heavy atom. The van der Waals surface area contributed by atoms with Crippen LogP contribution in [0.5, 0.6) is 11.5 Å². The van der Waals surface area contributed by atoms with Crippen LogP contribution in [0, 0.1) is 0 Å². The number of carboxylic acid groups (broad SMARTS) is 1. The molecule has 0 bridgehead atoms. The third-order valence-electron chi connectivity index (χ3n) is 4.94. The van der Waals surface area contributed by atoms with Gasteiger partial charge in [-0.3, -0.25) is 0 Å². The fourth-order valence-corrected chi connectivity index (χ4v) is 3.49. The molecule has 1 heterocycles. The van der Waals surface area contributed by atoms with Crippen molar-refractivity contribution in [3.8, 4) is 11.5 Å². The summed E-state index contributed by atoms with van der Waals surface area (Å²) in [5.41, 5.74) is 2.90. The smallest absolute Gasteiger partial charge is 0.318 e. The fourth-order valence-electron chi connectivity index (χ4n) is 3.49. The second kappa shape index (κ2) is 8.21. The summed E-state index contributed by atoms with van der Waals surface area (Å²) in [5.74, 6) is -0.113. The highest BCUT2D eigenvalue weighted by atomic mass is 16.5. The SMILES string of the molecule is COc1cc2c(cc1OC)[C@@H](c1ccccc1)N(C(=O)N[C@@H](C)C(=O)[O-])CC2. The molecule has 7 nitrogen and oxygen atoms in total. The fraction of sp³-hybridized carbons (Fsp3) is 0.333. The van der Waals surface area contributed by atoms with Gasteiger partial charge in [-0.25, -0.2) is 4.79 Å². The number of nitrogens with one attached hydrogen (secondary N) is 1. The zero-order valence-electron chi connectivity index (χ0n) is 16.1. The van der Waals surface area contributed by atoms with Crippen molar-refractivity contribution in [2.45, 2.75) is 25.4 Å². The maximum Gasteiger partial charge on any atom is 0.318 e. The monoisotopic (exact) mass is 383 g/mol. The largest absolute Gasteiger partial charge is 0.548 e. The lowest BCUT2D eigenvalue weighted by Crippen LogP contribution is -2.52. The molecule has 2 aromatic rings. The molecule has 0 saturated carbocycles. The molecule has 2 amide bonds. The van der Waals surface area contributed by atoms with Gasteiger partial charge in [-0.15, -0.1) is 0 Å². The van der Waals surface area contributed by atoms with Crippen LogP contribution in [0.25, 0.3) is 0 Å². The third kappa shape index (κ3) is 3.74. The highest BCUT2D eigenvalue weighted by molar-refractivity contribution is 5.82. The highest BCUT2D eigenvalue weighted by Crippen LogP contribution is 2.40. The average Bonchev–Trinajstić information content (AvgIpc) is 2.72. The first-order chi connectivity index (χ1) is 13.5. The summed E-state index contributed by atoms with van der Waals surface area (Å²) in [4.78, 5) is 25.5. The summed E-state index contributed by atoms with van der Waals surface area (Å²) < 4.78 is 10.9. The summed E-state index contributed by atoms with van der Waals surface area (Å²) >= 11 is 0. The maximum absolute atomic E-state index is 12.9. The molecule has 3 rings (SSSR count). The number of hydrogen-bond acceptors (Lipinski definition) is 5. The van der Waals surface area contributed by atoms with E-state index in [9.17, 15) is 14.7 Å². The van der Waals surface area contributed by atoms with E-state index in [1.165, 1.54) is 6.92 Å². The van der Waals surface area contributed by atoms with Crippen molar-refractivity contribution in [2.24, 2.45) is 0 Å². The average molecular weight is 383 g/mol. The molecule has 0 aliphatic carbocycles. The van der Waals surface area contributed by atoms with Crippen LogP contribution in [0.3, 0.4) is 0 Å². The Labute approximate surface area is 163 Å². The van der Waals surface area contributed by atoms with E-state index in [1.807, 2.05) is 42.5 Å². The van der Waals surface area contributed by atoms with Gasteiger partial charge in [0, 0.05) is 6.54 Å². The second-order valence-corrected chi connectivity index (χ2v) is 6.65. The number of ether oxygens (including phenoxy) is 2. The normalized spacial score (nSPS) is 16.7. The minimum Gasteiger partial charge on any atom is -0.548 e. The molecule has 0 unspecified atom stereocenters. The van der Waals surface area contributed by atoms with Crippen molar-refractivity contribution in [3.05, 3.63) is 59.2 Å². The summed E-state index contributed by atoms with van der Waals surface area (Å²) in [5, 5.41) is 13.5. The summed E-state index contributed by atoms with van der Waals surface area (Å²) in [7, 11) is 3.15. The van der Waals surface area contributed by atoms with E-state index in [4.69, 9.17) is 9.47 Å². The Morgan fingerprint density at radius 1 is 1.14 bits per heavy atom. The van der Waals surface area contributed by atoms with Crippen molar-refractivity contribution < 1.29 is 24.2 Å². The van der Waals surface area contributed by atoms with Gasteiger partial charge in [-0.2, -0.15) is 0 Å². The van der Waals surface area contributed by atoms with Crippen LogP contribution in [0.15, 0.2) is 42.5 Å². The van der Waals surface area contributed by atoms with Gasteiger partial charge in [-0.1, -0.05) is 30.3 Å². The van der Waals surface area contributed by atoms with E-state index in [0.717, 1.165) is 16.7 Å². The van der Waals surface area contributed by atoms with Gasteiger partial charge in [0.25, 0.3) is 0 Å². The van der Waals surface area contributed by atoms with Gasteiger partial charge < -0.3 is 29.6 Å². The molecular formula is C21H23N2O5-. The number of methoxy groups -OCH3 is 2. The van der Waals surface area contributed by atoms with Crippen LogP contribution in [0.2, 0.25) is 0 Å². The Hall–Kier alpha value is -3.22. The topological polar surface area (TPSA) is 90.9 Å². The number of carbonyl (C=O) groups excluding carboxylic acids is 2. The van der Waals surface area contributed by atoms with E-state index in [1.54, 1.807) is 19.1 Å². The van der Waals surface area contributed by atoms with Gasteiger partial charge in [-0.05, 0) is 42.2 Å². The third-order valence-corrected chi connectivity index (χ3v) is 4.94. The predicted octanol–water partition coefficient (Wildman–Crippen LogP) is 1.50. The van der Waals surface area contributed by atoms with E-state index in [2.05, 4.69) is 5.32 Å². The molecule has 0 radical (unpaired) electrons. The van der Waals surface area contributed by atoms with E-state index in [0.29, 0.717) is 24.5 Å².